The molecule has 214 valence electrons. The third kappa shape index (κ3) is 7.88. The van der Waals surface area contributed by atoms with E-state index in [1.165, 1.54) is 36.0 Å². The maximum Gasteiger partial charge on any atom is 0.272 e. The monoisotopic (exact) mass is 609 g/mol. The fourth-order valence-electron chi connectivity index (χ4n) is 4.21. The lowest BCUT2D eigenvalue weighted by molar-refractivity contribution is -0.114. The van der Waals surface area contributed by atoms with E-state index in [2.05, 4.69) is 16.0 Å². The molecule has 9 heteroatoms. The highest BCUT2D eigenvalue weighted by Crippen LogP contribution is 2.25. The van der Waals surface area contributed by atoms with Crippen LogP contribution in [0.2, 0.25) is 5.02 Å². The van der Waals surface area contributed by atoms with Crippen LogP contribution in [0.3, 0.4) is 0 Å². The number of carbonyl (C=O) groups is 3. The lowest BCUT2D eigenvalue weighted by atomic mass is 10.1. The van der Waals surface area contributed by atoms with Crippen molar-refractivity contribution in [3.8, 4) is 0 Å². The van der Waals surface area contributed by atoms with Gasteiger partial charge in [-0.2, -0.15) is 0 Å². The first-order valence-corrected chi connectivity index (χ1v) is 14.6. The average molecular weight is 610 g/mol. The number of rotatable bonds is 9. The van der Waals surface area contributed by atoms with Gasteiger partial charge in [-0.1, -0.05) is 72.3 Å². The second-order valence-electron chi connectivity index (χ2n) is 9.39. The summed E-state index contributed by atoms with van der Waals surface area (Å²) in [6, 6.07) is 33.0. The summed E-state index contributed by atoms with van der Waals surface area (Å²) in [7, 11) is 0. The van der Waals surface area contributed by atoms with Gasteiger partial charge in [-0.05, 0) is 71.4 Å². The van der Waals surface area contributed by atoms with Gasteiger partial charge in [-0.25, -0.2) is 4.39 Å². The van der Waals surface area contributed by atoms with Crippen LogP contribution in [0.15, 0.2) is 126 Å². The number of anilines is 2. The summed E-state index contributed by atoms with van der Waals surface area (Å²) < 4.78 is 14.6. The van der Waals surface area contributed by atoms with Gasteiger partial charge in [0.2, 0.25) is 5.91 Å². The molecule has 0 aliphatic rings. The molecule has 0 bridgehead atoms. The third-order valence-electron chi connectivity index (χ3n) is 6.31. The van der Waals surface area contributed by atoms with Gasteiger partial charge in [-0.3, -0.25) is 14.4 Å². The standard InChI is InChI=1S/C34H25ClFN3O3S/c35-29-14-7-15-30(36)28(29)20-31(39-33(41)23-9-2-1-3-10-23)34(42)38-25-12-6-13-27(19-25)43-21-32(40)37-26-17-16-22-8-4-5-11-24(22)18-26/h1-20H,21H2,(H,37,40)(H,38,42)(H,39,41)/b31-20+. The normalized spacial score (nSPS) is 11.2. The van der Waals surface area contributed by atoms with Crippen LogP contribution in [0, 0.1) is 5.82 Å². The lowest BCUT2D eigenvalue weighted by Gasteiger charge is -2.13. The van der Waals surface area contributed by atoms with E-state index in [4.69, 9.17) is 11.6 Å². The Kier molecular flexibility index (Phi) is 9.51. The molecular formula is C34H25ClFN3O3S. The molecule has 0 spiro atoms. The second-order valence-corrected chi connectivity index (χ2v) is 10.9. The molecule has 0 aliphatic heterocycles. The van der Waals surface area contributed by atoms with Gasteiger partial charge >= 0.3 is 0 Å². The molecule has 0 saturated carbocycles. The van der Waals surface area contributed by atoms with E-state index in [0.29, 0.717) is 16.9 Å². The molecule has 0 heterocycles. The first-order chi connectivity index (χ1) is 20.9. The van der Waals surface area contributed by atoms with Crippen molar-refractivity contribution < 1.29 is 18.8 Å². The highest BCUT2D eigenvalue weighted by atomic mass is 35.5. The molecule has 5 aromatic rings. The van der Waals surface area contributed by atoms with Crippen LogP contribution in [0.5, 0.6) is 0 Å². The number of hydrogen-bond donors (Lipinski definition) is 3. The summed E-state index contributed by atoms with van der Waals surface area (Å²) in [5.41, 5.74) is 1.21. The number of nitrogens with one attached hydrogen (secondary N) is 3. The van der Waals surface area contributed by atoms with Crippen LogP contribution in [0.25, 0.3) is 16.8 Å². The Morgan fingerprint density at radius 1 is 0.744 bits per heavy atom. The third-order valence-corrected chi connectivity index (χ3v) is 7.64. The maximum atomic E-state index is 14.6. The average Bonchev–Trinajstić information content (AvgIpc) is 3.02. The van der Waals surface area contributed by atoms with E-state index in [1.54, 1.807) is 48.5 Å². The van der Waals surface area contributed by atoms with E-state index < -0.39 is 17.6 Å². The second kappa shape index (κ2) is 13.8. The Bertz CT molecular complexity index is 1830. The highest BCUT2D eigenvalue weighted by molar-refractivity contribution is 8.00. The van der Waals surface area contributed by atoms with E-state index in [0.717, 1.165) is 15.7 Å². The molecular weight excluding hydrogens is 585 g/mol. The smallest absolute Gasteiger partial charge is 0.272 e. The Balaban J connectivity index is 1.28. The molecule has 0 aliphatic carbocycles. The van der Waals surface area contributed by atoms with Crippen LogP contribution in [0.1, 0.15) is 15.9 Å². The number of amides is 3. The molecule has 5 rings (SSSR count). The Morgan fingerprint density at radius 3 is 2.26 bits per heavy atom. The molecule has 0 saturated heterocycles. The number of thioether (sulfide) groups is 1. The number of carbonyl (C=O) groups excluding carboxylic acids is 3. The van der Waals surface area contributed by atoms with Gasteiger partial charge in [0.25, 0.3) is 11.8 Å². The molecule has 6 nitrogen and oxygen atoms in total. The predicted octanol–water partition coefficient (Wildman–Crippen LogP) is 7.77. The quantitative estimate of drug-likeness (QED) is 0.118. The van der Waals surface area contributed by atoms with E-state index in [1.807, 2.05) is 48.5 Å². The zero-order valence-electron chi connectivity index (χ0n) is 22.6. The van der Waals surface area contributed by atoms with Crippen LogP contribution in [-0.2, 0) is 9.59 Å². The topological polar surface area (TPSA) is 87.3 Å². The molecule has 0 unspecified atom stereocenters. The molecule has 0 radical (unpaired) electrons. The van der Waals surface area contributed by atoms with Gasteiger partial charge < -0.3 is 16.0 Å². The van der Waals surface area contributed by atoms with E-state index in [-0.39, 0.29) is 27.9 Å². The minimum atomic E-state index is -0.681. The fourth-order valence-corrected chi connectivity index (χ4v) is 5.18. The van der Waals surface area contributed by atoms with Crippen molar-refractivity contribution >= 4 is 69.3 Å². The van der Waals surface area contributed by atoms with Gasteiger partial charge in [0, 0.05) is 27.4 Å². The number of halogens is 2. The zero-order valence-corrected chi connectivity index (χ0v) is 24.2. The maximum absolute atomic E-state index is 14.6. The molecule has 3 N–H and O–H groups in total. The van der Waals surface area contributed by atoms with Crippen molar-refractivity contribution in [2.75, 3.05) is 16.4 Å². The van der Waals surface area contributed by atoms with E-state index in [9.17, 15) is 18.8 Å². The Labute approximate surface area is 257 Å². The fraction of sp³-hybridized carbons (Fsp3) is 0.0294. The summed E-state index contributed by atoms with van der Waals surface area (Å²) in [6.45, 7) is 0. The van der Waals surface area contributed by atoms with Crippen molar-refractivity contribution in [2.24, 2.45) is 0 Å². The first-order valence-electron chi connectivity index (χ1n) is 13.2. The molecule has 0 atom stereocenters. The SMILES string of the molecule is O=C(CSc1cccc(NC(=O)/C(=C\c2c(F)cccc2Cl)NC(=O)c2ccccc2)c1)Nc1ccc2ccccc2c1. The summed E-state index contributed by atoms with van der Waals surface area (Å²) in [6.07, 6.45) is 1.20. The van der Waals surface area contributed by atoms with Gasteiger partial charge in [0.05, 0.1) is 10.8 Å². The molecule has 0 aromatic heterocycles. The predicted molar refractivity (Wildman–Crippen MR) is 172 cm³/mol. The molecule has 43 heavy (non-hydrogen) atoms. The Hall–Kier alpha value is -4.92. The minimum absolute atomic E-state index is 0.0376. The first kappa shape index (κ1) is 29.6. The number of benzene rings is 5. The number of fused-ring (bicyclic) bond motifs is 1. The van der Waals surface area contributed by atoms with Gasteiger partial charge in [0.1, 0.15) is 11.5 Å². The Morgan fingerprint density at radius 2 is 1.47 bits per heavy atom. The van der Waals surface area contributed by atoms with Crippen LogP contribution in [-0.4, -0.2) is 23.5 Å². The largest absolute Gasteiger partial charge is 0.325 e. The van der Waals surface area contributed by atoms with Crippen LogP contribution < -0.4 is 16.0 Å². The summed E-state index contributed by atoms with van der Waals surface area (Å²) in [5.74, 6) is -1.90. The van der Waals surface area contributed by atoms with Crippen molar-refractivity contribution in [3.63, 3.8) is 0 Å². The summed E-state index contributed by atoms with van der Waals surface area (Å²) >= 11 is 7.49. The number of hydrogen-bond acceptors (Lipinski definition) is 4. The van der Waals surface area contributed by atoms with Crippen molar-refractivity contribution in [2.45, 2.75) is 4.90 Å². The van der Waals surface area contributed by atoms with Crippen LogP contribution >= 0.6 is 23.4 Å². The van der Waals surface area contributed by atoms with E-state index >= 15 is 0 Å². The molecule has 0 fully saturated rings. The minimum Gasteiger partial charge on any atom is -0.325 e. The van der Waals surface area contributed by atoms with Gasteiger partial charge in [-0.15, -0.1) is 11.8 Å². The summed E-state index contributed by atoms with van der Waals surface area (Å²) in [4.78, 5) is 39.6. The van der Waals surface area contributed by atoms with Crippen molar-refractivity contribution in [3.05, 3.63) is 143 Å². The van der Waals surface area contributed by atoms with Crippen LogP contribution in [0.4, 0.5) is 15.8 Å². The van der Waals surface area contributed by atoms with Gasteiger partial charge in [0.15, 0.2) is 0 Å². The zero-order chi connectivity index (χ0) is 30.2. The lowest BCUT2D eigenvalue weighted by Crippen LogP contribution is -2.30. The van der Waals surface area contributed by atoms with Crippen molar-refractivity contribution in [1.29, 1.82) is 0 Å². The highest BCUT2D eigenvalue weighted by Gasteiger charge is 2.17. The molecule has 3 amide bonds. The molecule has 5 aromatic carbocycles. The van der Waals surface area contributed by atoms with Crippen molar-refractivity contribution in [1.82, 2.24) is 5.32 Å². The summed E-state index contributed by atoms with van der Waals surface area (Å²) in [5, 5.41) is 10.4.